The van der Waals surface area contributed by atoms with Gasteiger partial charge < -0.3 is 15.8 Å². The van der Waals surface area contributed by atoms with Crippen LogP contribution in [-0.2, 0) is 10.2 Å². The topological polar surface area (TPSA) is 106 Å². The van der Waals surface area contributed by atoms with Gasteiger partial charge in [0, 0.05) is 16.3 Å². The molecule has 3 N–H and O–H groups in total. The number of nitrogens with two attached hydrogens (primary N) is 1. The van der Waals surface area contributed by atoms with E-state index >= 15 is 0 Å². The summed E-state index contributed by atoms with van der Waals surface area (Å²) in [6, 6.07) is 16.5. The second-order valence-corrected chi connectivity index (χ2v) is 7.30. The molecular weight excluding hydrogens is 390 g/mol. The molecule has 7 nitrogen and oxygen atoms in total. The predicted molar refractivity (Wildman–Crippen MR) is 107 cm³/mol. The number of carbonyl (C=O) groups excluding carboxylic acids is 1. The Morgan fingerprint density at radius 2 is 2.03 bits per heavy atom. The number of halogens is 1. The monoisotopic (exact) mass is 403 g/mol. The standard InChI is InChI=1S/C21H14ClN5O2/c1-11-17-19(27(26-11)13-5-3-2-4-6-13)29-18(24)15(10-23)21(17)14-8-7-12(22)9-16(14)25-20(21)28/h2-9H,24H2,1H3,(H,25,28). The van der Waals surface area contributed by atoms with Gasteiger partial charge >= 0.3 is 0 Å². The molecule has 2 aliphatic rings. The number of hydrogen-bond acceptors (Lipinski definition) is 5. The van der Waals surface area contributed by atoms with Gasteiger partial charge in [0.15, 0.2) is 0 Å². The van der Waals surface area contributed by atoms with Crippen molar-refractivity contribution >= 4 is 23.2 Å². The number of nitriles is 1. The van der Waals surface area contributed by atoms with E-state index in [1.807, 2.05) is 30.3 Å². The fourth-order valence-electron chi connectivity index (χ4n) is 4.16. The maximum Gasteiger partial charge on any atom is 0.245 e. The van der Waals surface area contributed by atoms with E-state index in [2.05, 4.69) is 16.5 Å². The number of fused-ring (bicyclic) bond motifs is 4. The molecular formula is C21H14ClN5O2. The Kier molecular flexibility index (Phi) is 3.51. The number of carbonyl (C=O) groups is 1. The van der Waals surface area contributed by atoms with Gasteiger partial charge in [0.1, 0.15) is 17.1 Å². The molecule has 29 heavy (non-hydrogen) atoms. The van der Waals surface area contributed by atoms with E-state index in [4.69, 9.17) is 22.1 Å². The van der Waals surface area contributed by atoms with Gasteiger partial charge in [0.2, 0.25) is 17.7 Å². The van der Waals surface area contributed by atoms with Crippen LogP contribution in [0.15, 0.2) is 60.0 Å². The van der Waals surface area contributed by atoms with Gasteiger partial charge in [-0.05, 0) is 31.2 Å². The maximum absolute atomic E-state index is 13.4. The molecule has 0 aliphatic carbocycles. The minimum Gasteiger partial charge on any atom is -0.422 e. The van der Waals surface area contributed by atoms with Crippen molar-refractivity contribution in [1.82, 2.24) is 9.78 Å². The highest BCUT2D eigenvalue weighted by Crippen LogP contribution is 2.54. The number of para-hydroxylation sites is 1. The van der Waals surface area contributed by atoms with E-state index in [0.29, 0.717) is 33.4 Å². The third-order valence-electron chi connectivity index (χ3n) is 5.31. The summed E-state index contributed by atoms with van der Waals surface area (Å²) in [6.45, 7) is 1.78. The second-order valence-electron chi connectivity index (χ2n) is 6.86. The summed E-state index contributed by atoms with van der Waals surface area (Å²) in [4.78, 5) is 13.4. The number of ether oxygens (including phenoxy) is 1. The highest BCUT2D eigenvalue weighted by atomic mass is 35.5. The van der Waals surface area contributed by atoms with Crippen LogP contribution >= 0.6 is 11.6 Å². The van der Waals surface area contributed by atoms with Crippen LogP contribution in [0, 0.1) is 18.3 Å². The number of anilines is 1. The van der Waals surface area contributed by atoms with Gasteiger partial charge in [-0.15, -0.1) is 0 Å². The lowest BCUT2D eigenvalue weighted by atomic mass is 9.69. The number of rotatable bonds is 1. The summed E-state index contributed by atoms with van der Waals surface area (Å²) in [5, 5.41) is 17.8. The van der Waals surface area contributed by atoms with Crippen LogP contribution in [0.1, 0.15) is 16.8 Å². The van der Waals surface area contributed by atoms with E-state index in [0.717, 1.165) is 5.69 Å². The first kappa shape index (κ1) is 17.3. The Morgan fingerprint density at radius 1 is 1.28 bits per heavy atom. The first-order valence-electron chi connectivity index (χ1n) is 8.83. The largest absolute Gasteiger partial charge is 0.422 e. The van der Waals surface area contributed by atoms with E-state index in [1.165, 1.54) is 0 Å². The van der Waals surface area contributed by atoms with Crippen LogP contribution in [0.4, 0.5) is 5.69 Å². The summed E-state index contributed by atoms with van der Waals surface area (Å²) < 4.78 is 7.44. The third kappa shape index (κ3) is 2.12. The number of hydrogen-bond donors (Lipinski definition) is 2. The number of benzene rings is 2. The minimum absolute atomic E-state index is 0.0271. The molecule has 1 spiro atoms. The molecule has 1 unspecified atom stereocenters. The average molecular weight is 404 g/mol. The predicted octanol–water partition coefficient (Wildman–Crippen LogP) is 3.16. The smallest absolute Gasteiger partial charge is 0.245 e. The number of nitrogens with zero attached hydrogens (tertiary/aromatic N) is 3. The molecule has 142 valence electrons. The van der Waals surface area contributed by atoms with Crippen molar-refractivity contribution in [2.24, 2.45) is 5.73 Å². The SMILES string of the molecule is Cc1nn(-c2ccccc2)c2c1C1(C(=O)Nc3cc(Cl)ccc31)C(C#N)=C(N)O2. The molecule has 0 fully saturated rings. The number of nitrogens with one attached hydrogen (secondary N) is 1. The van der Waals surface area contributed by atoms with Crippen molar-refractivity contribution in [2.75, 3.05) is 5.32 Å². The van der Waals surface area contributed by atoms with Gasteiger partial charge in [-0.25, -0.2) is 4.68 Å². The van der Waals surface area contributed by atoms with E-state index in [9.17, 15) is 10.1 Å². The molecule has 1 atom stereocenters. The maximum atomic E-state index is 13.4. The van der Waals surface area contributed by atoms with Gasteiger partial charge in [-0.3, -0.25) is 4.79 Å². The zero-order valence-electron chi connectivity index (χ0n) is 15.2. The lowest BCUT2D eigenvalue weighted by Gasteiger charge is -2.32. The second kappa shape index (κ2) is 5.87. The van der Waals surface area contributed by atoms with E-state index in [-0.39, 0.29) is 11.5 Å². The average Bonchev–Trinajstić information content (AvgIpc) is 3.17. The summed E-state index contributed by atoms with van der Waals surface area (Å²) >= 11 is 6.12. The minimum atomic E-state index is -1.45. The Hall–Kier alpha value is -3.76. The van der Waals surface area contributed by atoms with Crippen LogP contribution in [0.5, 0.6) is 5.88 Å². The lowest BCUT2D eigenvalue weighted by molar-refractivity contribution is -0.118. The van der Waals surface area contributed by atoms with Crippen LogP contribution < -0.4 is 15.8 Å². The normalized spacial score (nSPS) is 19.4. The van der Waals surface area contributed by atoms with Crippen LogP contribution in [0.3, 0.4) is 0 Å². The summed E-state index contributed by atoms with van der Waals surface area (Å²) in [5.41, 5.74) is 7.64. The quantitative estimate of drug-likeness (QED) is 0.649. The zero-order valence-corrected chi connectivity index (χ0v) is 16.0. The molecule has 1 aromatic heterocycles. The van der Waals surface area contributed by atoms with E-state index in [1.54, 1.807) is 29.8 Å². The number of aryl methyl sites for hydroxylation is 1. The van der Waals surface area contributed by atoms with Crippen LogP contribution in [-0.4, -0.2) is 15.7 Å². The first-order chi connectivity index (χ1) is 14.0. The summed E-state index contributed by atoms with van der Waals surface area (Å²) in [7, 11) is 0. The summed E-state index contributed by atoms with van der Waals surface area (Å²) in [5.74, 6) is -0.215. The number of aromatic nitrogens is 2. The molecule has 5 rings (SSSR count). The van der Waals surface area contributed by atoms with Crippen molar-refractivity contribution in [3.8, 4) is 17.6 Å². The Morgan fingerprint density at radius 3 is 2.76 bits per heavy atom. The molecule has 0 radical (unpaired) electrons. The Bertz CT molecular complexity index is 1270. The van der Waals surface area contributed by atoms with Crippen molar-refractivity contribution in [3.63, 3.8) is 0 Å². The van der Waals surface area contributed by atoms with Gasteiger partial charge in [-0.2, -0.15) is 10.4 Å². The number of amides is 1. The van der Waals surface area contributed by atoms with Gasteiger partial charge in [0.25, 0.3) is 0 Å². The van der Waals surface area contributed by atoms with E-state index < -0.39 is 11.3 Å². The van der Waals surface area contributed by atoms with Crippen LogP contribution in [0.25, 0.3) is 5.69 Å². The fourth-order valence-corrected chi connectivity index (χ4v) is 4.33. The van der Waals surface area contributed by atoms with Crippen molar-refractivity contribution in [2.45, 2.75) is 12.3 Å². The van der Waals surface area contributed by atoms with Gasteiger partial charge in [-0.1, -0.05) is 35.9 Å². The molecule has 3 heterocycles. The zero-order chi connectivity index (χ0) is 20.3. The molecule has 2 aliphatic heterocycles. The first-order valence-corrected chi connectivity index (χ1v) is 9.21. The highest BCUT2D eigenvalue weighted by Gasteiger charge is 2.58. The molecule has 0 saturated carbocycles. The van der Waals surface area contributed by atoms with Gasteiger partial charge in [0.05, 0.1) is 16.9 Å². The Labute approximate surface area is 171 Å². The molecule has 2 aromatic carbocycles. The molecule has 0 bridgehead atoms. The lowest BCUT2D eigenvalue weighted by Crippen LogP contribution is -2.42. The third-order valence-corrected chi connectivity index (χ3v) is 5.54. The Balaban J connectivity index is 1.89. The molecule has 3 aromatic rings. The van der Waals surface area contributed by atoms with Crippen molar-refractivity contribution in [3.05, 3.63) is 81.8 Å². The molecule has 8 heteroatoms. The molecule has 0 saturated heterocycles. The van der Waals surface area contributed by atoms with Crippen molar-refractivity contribution < 1.29 is 9.53 Å². The van der Waals surface area contributed by atoms with Crippen LogP contribution in [0.2, 0.25) is 5.02 Å². The highest BCUT2D eigenvalue weighted by molar-refractivity contribution is 6.31. The van der Waals surface area contributed by atoms with Crippen molar-refractivity contribution in [1.29, 1.82) is 5.26 Å². The fraction of sp³-hybridized carbons (Fsp3) is 0.0952. The molecule has 1 amide bonds. The summed E-state index contributed by atoms with van der Waals surface area (Å²) in [6.07, 6.45) is 0.